The Morgan fingerprint density at radius 2 is 1.90 bits per heavy atom. The number of allylic oxidation sites excluding steroid dienone is 1. The first-order chi connectivity index (χ1) is 10.0. The molecule has 0 aliphatic heterocycles. The molecule has 1 aromatic rings. The zero-order valence-corrected chi connectivity index (χ0v) is 12.0. The zero-order chi connectivity index (χ0) is 15.8. The van der Waals surface area contributed by atoms with Gasteiger partial charge in [0, 0.05) is 16.0 Å². The van der Waals surface area contributed by atoms with Gasteiger partial charge in [-0.1, -0.05) is 5.11 Å². The van der Waals surface area contributed by atoms with E-state index in [0.29, 0.717) is 5.75 Å². The summed E-state index contributed by atoms with van der Waals surface area (Å²) in [6.07, 6.45) is 0. The second kappa shape index (κ2) is 7.72. The molecule has 0 fully saturated rings. The predicted octanol–water partition coefficient (Wildman–Crippen LogP) is 3.03. The van der Waals surface area contributed by atoms with E-state index in [1.54, 1.807) is 19.1 Å². The highest BCUT2D eigenvalue weighted by Gasteiger charge is 2.19. The highest BCUT2D eigenvalue weighted by atomic mass is 16.5. The summed E-state index contributed by atoms with van der Waals surface area (Å²) in [6, 6.07) is 6.24. The third-order valence-corrected chi connectivity index (χ3v) is 2.65. The van der Waals surface area contributed by atoms with Crippen molar-refractivity contribution in [3.8, 4) is 5.75 Å². The van der Waals surface area contributed by atoms with Gasteiger partial charge < -0.3 is 9.47 Å². The van der Waals surface area contributed by atoms with Gasteiger partial charge in [-0.15, -0.1) is 0 Å². The number of nitrogens with zero attached hydrogens (tertiary/aromatic N) is 3. The van der Waals surface area contributed by atoms with E-state index in [9.17, 15) is 9.59 Å². The van der Waals surface area contributed by atoms with Gasteiger partial charge in [-0.2, -0.15) is 0 Å². The highest BCUT2D eigenvalue weighted by molar-refractivity contribution is 6.12. The molecule has 0 aliphatic carbocycles. The van der Waals surface area contributed by atoms with Gasteiger partial charge in [-0.25, -0.2) is 4.79 Å². The Kier molecular flexibility index (Phi) is 5.98. The SMILES string of the molecule is CCOC(=O)/C(C)=C(/N=[N+]=[N-])C(=O)c1ccc(OC)cc1. The third-order valence-electron chi connectivity index (χ3n) is 2.65. The van der Waals surface area contributed by atoms with Gasteiger partial charge in [0.25, 0.3) is 0 Å². The third kappa shape index (κ3) is 4.09. The van der Waals surface area contributed by atoms with Crippen LogP contribution in [0.1, 0.15) is 24.2 Å². The van der Waals surface area contributed by atoms with Crippen LogP contribution in [0.15, 0.2) is 40.6 Å². The van der Waals surface area contributed by atoms with Crippen LogP contribution in [0, 0.1) is 0 Å². The molecule has 0 aromatic heterocycles. The van der Waals surface area contributed by atoms with Crippen molar-refractivity contribution < 1.29 is 19.1 Å². The number of carbonyl (C=O) groups is 2. The number of hydrogen-bond acceptors (Lipinski definition) is 5. The van der Waals surface area contributed by atoms with Crippen LogP contribution in [0.5, 0.6) is 5.75 Å². The summed E-state index contributed by atoms with van der Waals surface area (Å²) in [6.45, 7) is 3.18. The number of benzene rings is 1. The van der Waals surface area contributed by atoms with Gasteiger partial charge in [0.05, 0.1) is 19.4 Å². The highest BCUT2D eigenvalue weighted by Crippen LogP contribution is 2.18. The number of carbonyl (C=O) groups excluding carboxylic acids is 2. The van der Waals surface area contributed by atoms with Crippen molar-refractivity contribution in [1.29, 1.82) is 0 Å². The molecule has 21 heavy (non-hydrogen) atoms. The number of rotatable bonds is 6. The number of azide groups is 1. The first-order valence-corrected chi connectivity index (χ1v) is 6.17. The van der Waals surface area contributed by atoms with Crippen molar-refractivity contribution in [1.82, 2.24) is 0 Å². The van der Waals surface area contributed by atoms with Crippen molar-refractivity contribution >= 4 is 11.8 Å². The maximum Gasteiger partial charge on any atom is 0.334 e. The fraction of sp³-hybridized carbons (Fsp3) is 0.286. The van der Waals surface area contributed by atoms with Crippen LogP contribution in [0.3, 0.4) is 0 Å². The predicted molar refractivity (Wildman–Crippen MR) is 75.8 cm³/mol. The lowest BCUT2D eigenvalue weighted by atomic mass is 10.1. The van der Waals surface area contributed by atoms with E-state index in [0.717, 1.165) is 0 Å². The molecule has 0 heterocycles. The molecule has 0 aliphatic rings. The van der Waals surface area contributed by atoms with E-state index in [1.165, 1.54) is 26.2 Å². The van der Waals surface area contributed by atoms with Gasteiger partial charge in [0.1, 0.15) is 5.75 Å². The maximum absolute atomic E-state index is 12.3. The topological polar surface area (TPSA) is 101 Å². The molecule has 0 spiro atoms. The summed E-state index contributed by atoms with van der Waals surface area (Å²) in [4.78, 5) is 26.6. The molecule has 1 rings (SSSR count). The lowest BCUT2D eigenvalue weighted by Crippen LogP contribution is -2.12. The summed E-state index contributed by atoms with van der Waals surface area (Å²) in [5.74, 6) is -0.661. The molecule has 7 nitrogen and oxygen atoms in total. The van der Waals surface area contributed by atoms with Gasteiger partial charge in [0.2, 0.25) is 0 Å². The molecule has 0 amide bonds. The van der Waals surface area contributed by atoms with Crippen molar-refractivity contribution in [2.75, 3.05) is 13.7 Å². The lowest BCUT2D eigenvalue weighted by molar-refractivity contribution is -0.138. The molecule has 0 radical (unpaired) electrons. The van der Waals surface area contributed by atoms with E-state index in [1.807, 2.05) is 0 Å². The second-order valence-electron chi connectivity index (χ2n) is 3.94. The molecule has 0 unspecified atom stereocenters. The molecular weight excluding hydrogens is 274 g/mol. The Hall–Kier alpha value is -2.79. The fourth-order valence-corrected chi connectivity index (χ4v) is 1.55. The van der Waals surface area contributed by atoms with Crippen LogP contribution in [-0.2, 0) is 9.53 Å². The number of ketones is 1. The number of Topliss-reactive ketones (excluding diaryl/α,β-unsaturated/α-hetero) is 1. The van der Waals surface area contributed by atoms with Crippen LogP contribution in [0.2, 0.25) is 0 Å². The fourth-order valence-electron chi connectivity index (χ4n) is 1.55. The molecule has 110 valence electrons. The monoisotopic (exact) mass is 289 g/mol. The van der Waals surface area contributed by atoms with Gasteiger partial charge in [-0.05, 0) is 43.6 Å². The van der Waals surface area contributed by atoms with Crippen molar-refractivity contribution in [2.24, 2.45) is 5.11 Å². The van der Waals surface area contributed by atoms with Crippen molar-refractivity contribution in [2.45, 2.75) is 13.8 Å². The van der Waals surface area contributed by atoms with E-state index in [4.69, 9.17) is 15.0 Å². The van der Waals surface area contributed by atoms with Crippen LogP contribution in [0.4, 0.5) is 0 Å². The normalized spacial score (nSPS) is 11.0. The Bertz CT molecular complexity index is 614. The minimum atomic E-state index is -0.693. The molecule has 1 aromatic carbocycles. The lowest BCUT2D eigenvalue weighted by Gasteiger charge is -2.07. The Labute approximate surface area is 121 Å². The standard InChI is InChI=1S/C14H15N3O4/c1-4-21-14(19)9(2)12(16-17-15)13(18)10-5-7-11(20-3)8-6-10/h5-8H,4H2,1-3H3/b12-9+. The van der Waals surface area contributed by atoms with Crippen molar-refractivity contribution in [3.63, 3.8) is 0 Å². The number of hydrogen-bond donors (Lipinski definition) is 0. The van der Waals surface area contributed by atoms with E-state index < -0.39 is 11.8 Å². The molecule has 0 bridgehead atoms. The first kappa shape index (κ1) is 16.3. The van der Waals surface area contributed by atoms with Gasteiger partial charge in [0.15, 0.2) is 5.78 Å². The maximum atomic E-state index is 12.3. The largest absolute Gasteiger partial charge is 0.497 e. The summed E-state index contributed by atoms with van der Waals surface area (Å²) in [5.41, 5.74) is 8.55. The minimum Gasteiger partial charge on any atom is -0.497 e. The van der Waals surface area contributed by atoms with Crippen LogP contribution in [0.25, 0.3) is 10.4 Å². The Morgan fingerprint density at radius 1 is 1.29 bits per heavy atom. The molecule has 0 atom stereocenters. The summed E-state index contributed by atoms with van der Waals surface area (Å²) >= 11 is 0. The quantitative estimate of drug-likeness (QED) is 0.200. The number of ether oxygens (including phenoxy) is 2. The Balaban J connectivity index is 3.20. The van der Waals surface area contributed by atoms with Crippen LogP contribution >= 0.6 is 0 Å². The van der Waals surface area contributed by atoms with Crippen molar-refractivity contribution in [3.05, 3.63) is 51.5 Å². The molecule has 0 N–H and O–H groups in total. The Morgan fingerprint density at radius 3 is 2.38 bits per heavy atom. The number of esters is 1. The summed E-state index contributed by atoms with van der Waals surface area (Å²) in [5, 5.41) is 3.32. The zero-order valence-electron chi connectivity index (χ0n) is 12.0. The average molecular weight is 289 g/mol. The summed E-state index contributed by atoms with van der Waals surface area (Å²) in [7, 11) is 1.51. The number of methoxy groups -OCH3 is 1. The molecular formula is C14H15N3O4. The molecule has 7 heteroatoms. The smallest absolute Gasteiger partial charge is 0.334 e. The molecule has 0 saturated heterocycles. The second-order valence-corrected chi connectivity index (χ2v) is 3.94. The minimum absolute atomic E-state index is 0.0320. The van der Waals surface area contributed by atoms with Gasteiger partial charge >= 0.3 is 5.97 Å². The summed E-state index contributed by atoms with van der Waals surface area (Å²) < 4.78 is 9.80. The van der Waals surface area contributed by atoms with E-state index in [2.05, 4.69) is 10.0 Å². The average Bonchev–Trinajstić information content (AvgIpc) is 2.51. The van der Waals surface area contributed by atoms with E-state index in [-0.39, 0.29) is 23.4 Å². The van der Waals surface area contributed by atoms with Crippen LogP contribution in [-0.4, -0.2) is 25.5 Å². The molecule has 0 saturated carbocycles. The van der Waals surface area contributed by atoms with Gasteiger partial charge in [-0.3, -0.25) is 4.79 Å². The van der Waals surface area contributed by atoms with Crippen LogP contribution < -0.4 is 4.74 Å². The first-order valence-electron chi connectivity index (χ1n) is 6.17. The van der Waals surface area contributed by atoms with E-state index >= 15 is 0 Å².